The summed E-state index contributed by atoms with van der Waals surface area (Å²) in [5.41, 5.74) is 0. The van der Waals surface area contributed by atoms with Gasteiger partial charge in [0.05, 0.1) is 0 Å². The normalized spacial score (nSPS) is 11.9. The molecule has 6 heteroatoms. The monoisotopic (exact) mass is 1070 g/mol. The van der Waals surface area contributed by atoms with E-state index in [1.807, 2.05) is 0 Å². The highest BCUT2D eigenvalue weighted by atomic mass is 16.6. The number of ether oxygens (including phenoxy) is 3. The number of carbonyl (C=O) groups excluding carboxylic acids is 3. The maximum Gasteiger partial charge on any atom is 0.306 e. The fourth-order valence-electron chi connectivity index (χ4n) is 11.1. The molecule has 1 unspecified atom stereocenters. The van der Waals surface area contributed by atoms with Crippen LogP contribution in [0.1, 0.15) is 412 Å². The van der Waals surface area contributed by atoms with Crippen molar-refractivity contribution in [1.29, 1.82) is 0 Å². The van der Waals surface area contributed by atoms with Crippen LogP contribution in [0.4, 0.5) is 0 Å². The molecule has 0 radical (unpaired) electrons. The van der Waals surface area contributed by atoms with E-state index in [9.17, 15) is 14.4 Å². The van der Waals surface area contributed by atoms with Crippen molar-refractivity contribution in [3.63, 3.8) is 0 Å². The maximum atomic E-state index is 12.9. The molecule has 0 rings (SSSR count). The second kappa shape index (κ2) is 65.9. The van der Waals surface area contributed by atoms with Crippen molar-refractivity contribution >= 4 is 17.9 Å². The highest BCUT2D eigenvalue weighted by Crippen LogP contribution is 2.19. The smallest absolute Gasteiger partial charge is 0.306 e. The van der Waals surface area contributed by atoms with Crippen molar-refractivity contribution in [3.8, 4) is 0 Å². The molecule has 0 aromatic carbocycles. The molecule has 0 aromatic rings. The van der Waals surface area contributed by atoms with E-state index >= 15 is 0 Å². The lowest BCUT2D eigenvalue weighted by Crippen LogP contribution is -2.30. The minimum Gasteiger partial charge on any atom is -0.462 e. The van der Waals surface area contributed by atoms with Gasteiger partial charge in [-0.1, -0.05) is 374 Å². The van der Waals surface area contributed by atoms with Crippen LogP contribution in [0.5, 0.6) is 0 Å². The Morgan fingerprint density at radius 2 is 0.355 bits per heavy atom. The molecule has 452 valence electrons. The Morgan fingerprint density at radius 3 is 0.526 bits per heavy atom. The third kappa shape index (κ3) is 63.2. The Labute approximate surface area is 476 Å². The molecule has 0 fully saturated rings. The van der Waals surface area contributed by atoms with Crippen LogP contribution in [0.25, 0.3) is 0 Å². The van der Waals surface area contributed by atoms with Gasteiger partial charge in [0.25, 0.3) is 0 Å². The fraction of sp³-hybridized carbons (Fsp3) is 0.957. The van der Waals surface area contributed by atoms with Gasteiger partial charge >= 0.3 is 17.9 Å². The van der Waals surface area contributed by atoms with Crippen LogP contribution in [0.3, 0.4) is 0 Å². The highest BCUT2D eigenvalue weighted by Gasteiger charge is 2.19. The van der Waals surface area contributed by atoms with Crippen LogP contribution >= 0.6 is 0 Å². The zero-order valence-corrected chi connectivity index (χ0v) is 52.1. The third-order valence-electron chi connectivity index (χ3n) is 16.4. The van der Waals surface area contributed by atoms with Crippen LogP contribution in [0, 0.1) is 0 Å². The number of carbonyl (C=O) groups is 3. The fourth-order valence-corrected chi connectivity index (χ4v) is 11.1. The predicted molar refractivity (Wildman–Crippen MR) is 330 cm³/mol. The number of hydrogen-bond acceptors (Lipinski definition) is 6. The third-order valence-corrected chi connectivity index (χ3v) is 16.4. The van der Waals surface area contributed by atoms with Gasteiger partial charge in [-0.05, 0) is 19.3 Å². The molecule has 0 aliphatic heterocycles. The molecule has 0 bridgehead atoms. The van der Waals surface area contributed by atoms with Gasteiger partial charge in [0.15, 0.2) is 6.10 Å². The Balaban J connectivity index is 4.10. The summed E-state index contributed by atoms with van der Waals surface area (Å²) in [5.74, 6) is -0.823. The summed E-state index contributed by atoms with van der Waals surface area (Å²) in [4.78, 5) is 38.3. The molecular formula is C70H136O6. The largest absolute Gasteiger partial charge is 0.462 e. The van der Waals surface area contributed by atoms with Crippen LogP contribution in [-0.2, 0) is 28.6 Å². The number of unbranched alkanes of at least 4 members (excludes halogenated alkanes) is 55. The van der Waals surface area contributed by atoms with Crippen molar-refractivity contribution in [2.75, 3.05) is 13.2 Å². The highest BCUT2D eigenvalue weighted by molar-refractivity contribution is 5.71. The van der Waals surface area contributed by atoms with Gasteiger partial charge in [-0.15, -0.1) is 0 Å². The maximum absolute atomic E-state index is 12.9. The Morgan fingerprint density at radius 1 is 0.211 bits per heavy atom. The molecular weight excluding hydrogens is 937 g/mol. The van der Waals surface area contributed by atoms with Crippen molar-refractivity contribution < 1.29 is 28.6 Å². The topological polar surface area (TPSA) is 78.9 Å². The molecule has 0 amide bonds. The summed E-state index contributed by atoms with van der Waals surface area (Å²) in [6.07, 6.45) is 77.1. The van der Waals surface area contributed by atoms with E-state index in [0.717, 1.165) is 57.8 Å². The zero-order valence-electron chi connectivity index (χ0n) is 52.1. The number of esters is 3. The molecule has 1 atom stereocenters. The van der Waals surface area contributed by atoms with E-state index in [1.165, 1.54) is 315 Å². The molecule has 0 saturated carbocycles. The molecule has 6 nitrogen and oxygen atoms in total. The van der Waals surface area contributed by atoms with Gasteiger partial charge in [-0.25, -0.2) is 0 Å². The average molecular weight is 1070 g/mol. The molecule has 0 aliphatic rings. The van der Waals surface area contributed by atoms with Crippen LogP contribution < -0.4 is 0 Å². The van der Waals surface area contributed by atoms with Gasteiger partial charge < -0.3 is 14.2 Å². The molecule has 76 heavy (non-hydrogen) atoms. The first-order chi connectivity index (χ1) is 37.5. The Kier molecular flexibility index (Phi) is 64.5. The van der Waals surface area contributed by atoms with Gasteiger partial charge in [0.2, 0.25) is 0 Å². The molecule has 0 spiro atoms. The minimum absolute atomic E-state index is 0.0604. The quantitative estimate of drug-likeness (QED) is 0.0343. The first kappa shape index (κ1) is 74.4. The summed E-state index contributed by atoms with van der Waals surface area (Å²) in [6, 6.07) is 0. The predicted octanol–water partition coefficient (Wildman–Crippen LogP) is 23.8. The van der Waals surface area contributed by atoms with E-state index in [-0.39, 0.29) is 31.1 Å². The molecule has 0 aromatic heterocycles. The van der Waals surface area contributed by atoms with E-state index in [1.54, 1.807) is 0 Å². The van der Waals surface area contributed by atoms with Crippen LogP contribution in [-0.4, -0.2) is 37.2 Å². The SMILES string of the molecule is CCCCCCCCCCCCCCCCCCCCCCCCCCCCCCCC(=O)OCC(COC(=O)CCCCCCCCCCCCCC)OC(=O)CCCCCCCCCCCCCCCCCCC. The van der Waals surface area contributed by atoms with Gasteiger partial charge in [0, 0.05) is 19.3 Å². The summed E-state index contributed by atoms with van der Waals surface area (Å²) < 4.78 is 17.0. The summed E-state index contributed by atoms with van der Waals surface area (Å²) in [6.45, 7) is 6.73. The van der Waals surface area contributed by atoms with E-state index < -0.39 is 6.10 Å². The average Bonchev–Trinajstić information content (AvgIpc) is 3.42. The van der Waals surface area contributed by atoms with Crippen LogP contribution in [0.15, 0.2) is 0 Å². The van der Waals surface area contributed by atoms with Gasteiger partial charge in [0.1, 0.15) is 13.2 Å². The van der Waals surface area contributed by atoms with Crippen molar-refractivity contribution in [1.82, 2.24) is 0 Å². The van der Waals surface area contributed by atoms with E-state index in [4.69, 9.17) is 14.2 Å². The summed E-state index contributed by atoms with van der Waals surface area (Å²) in [5, 5.41) is 0. The number of hydrogen-bond donors (Lipinski definition) is 0. The molecule has 0 N–H and O–H groups in total. The molecule has 0 saturated heterocycles. The van der Waals surface area contributed by atoms with E-state index in [2.05, 4.69) is 20.8 Å². The van der Waals surface area contributed by atoms with Gasteiger partial charge in [-0.2, -0.15) is 0 Å². The first-order valence-electron chi connectivity index (χ1n) is 35.0. The lowest BCUT2D eigenvalue weighted by molar-refractivity contribution is -0.167. The second-order valence-electron chi connectivity index (χ2n) is 24.2. The van der Waals surface area contributed by atoms with Gasteiger partial charge in [-0.3, -0.25) is 14.4 Å². The first-order valence-corrected chi connectivity index (χ1v) is 35.0. The Hall–Kier alpha value is -1.59. The van der Waals surface area contributed by atoms with Crippen molar-refractivity contribution in [2.45, 2.75) is 419 Å². The molecule has 0 heterocycles. The van der Waals surface area contributed by atoms with Crippen molar-refractivity contribution in [2.24, 2.45) is 0 Å². The second-order valence-corrected chi connectivity index (χ2v) is 24.2. The lowest BCUT2D eigenvalue weighted by atomic mass is 10.0. The zero-order chi connectivity index (χ0) is 55.0. The Bertz CT molecular complexity index is 1140. The van der Waals surface area contributed by atoms with E-state index in [0.29, 0.717) is 19.3 Å². The minimum atomic E-state index is -0.762. The number of rotatable bonds is 66. The molecule has 0 aliphatic carbocycles. The standard InChI is InChI=1S/C70H136O6/c1-4-7-10-13-16-19-22-25-27-29-30-31-32-33-34-35-36-37-38-39-40-42-43-45-48-51-54-57-60-63-69(72)75-66-67(65-74-68(71)62-59-56-53-50-47-24-21-18-15-12-9-6-3)76-70(73)64-61-58-55-52-49-46-44-41-28-26-23-20-17-14-11-8-5-2/h67H,4-66H2,1-3H3. The summed E-state index contributed by atoms with van der Waals surface area (Å²) in [7, 11) is 0. The summed E-state index contributed by atoms with van der Waals surface area (Å²) >= 11 is 0. The van der Waals surface area contributed by atoms with Crippen LogP contribution in [0.2, 0.25) is 0 Å². The lowest BCUT2D eigenvalue weighted by Gasteiger charge is -2.18. The van der Waals surface area contributed by atoms with Crippen molar-refractivity contribution in [3.05, 3.63) is 0 Å².